The molecule has 13 heteroatoms. The van der Waals surface area contributed by atoms with Crippen LogP contribution in [-0.4, -0.2) is 70.5 Å². The first kappa shape index (κ1) is 21.5. The first-order valence-corrected chi connectivity index (χ1v) is 10.7. The smallest absolute Gasteiger partial charge is 0.386 e. The SMILES string of the molecule is O=C(C[P+](O)(O)O)[C@H]1O[C@@H](OCc2ccccc2)[C@@](O)(P(=O)(O)O)[C@@H]1O. The minimum absolute atomic E-state index is 0.265. The molecule has 26 heavy (non-hydrogen) atoms. The molecule has 0 radical (unpaired) electrons. The van der Waals surface area contributed by atoms with E-state index in [1.54, 1.807) is 30.3 Å². The minimum atomic E-state index is -5.46. The van der Waals surface area contributed by atoms with Crippen molar-refractivity contribution in [2.75, 3.05) is 6.16 Å². The van der Waals surface area contributed by atoms with Gasteiger partial charge in [-0.3, -0.25) is 9.36 Å². The van der Waals surface area contributed by atoms with E-state index in [2.05, 4.69) is 0 Å². The van der Waals surface area contributed by atoms with Crippen molar-refractivity contribution in [2.24, 2.45) is 0 Å². The zero-order valence-corrected chi connectivity index (χ0v) is 15.0. The van der Waals surface area contributed by atoms with E-state index in [1.807, 2.05) is 0 Å². The Morgan fingerprint density at radius 3 is 2.31 bits per heavy atom. The zero-order chi connectivity index (χ0) is 19.8. The lowest BCUT2D eigenvalue weighted by Gasteiger charge is -2.30. The number of carbonyl (C=O) groups is 1. The second-order valence-electron chi connectivity index (χ2n) is 5.77. The van der Waals surface area contributed by atoms with Gasteiger partial charge in [0.1, 0.15) is 6.10 Å². The first-order chi connectivity index (χ1) is 11.9. The quantitative estimate of drug-likeness (QED) is 0.256. The number of Topliss-reactive ketones (excluding diaryl/α,β-unsaturated/α-hetero) is 1. The summed E-state index contributed by atoms with van der Waals surface area (Å²) in [6.07, 6.45) is -7.78. The Balaban J connectivity index is 2.24. The topological polar surface area (TPSA) is 194 Å². The molecule has 1 aromatic rings. The lowest BCUT2D eigenvalue weighted by molar-refractivity contribution is -0.189. The van der Waals surface area contributed by atoms with Gasteiger partial charge in [0.2, 0.25) is 23.6 Å². The third-order valence-corrected chi connectivity index (χ3v) is 5.88. The van der Waals surface area contributed by atoms with Crippen molar-refractivity contribution >= 4 is 21.3 Å². The third-order valence-electron chi connectivity index (χ3n) is 3.74. The highest BCUT2D eigenvalue weighted by Gasteiger charge is 2.68. The van der Waals surface area contributed by atoms with Crippen molar-refractivity contribution in [3.63, 3.8) is 0 Å². The Kier molecular flexibility index (Phi) is 6.34. The number of ketones is 1. The first-order valence-electron chi connectivity index (χ1n) is 7.22. The lowest BCUT2D eigenvalue weighted by atomic mass is 10.1. The van der Waals surface area contributed by atoms with E-state index in [1.165, 1.54) is 0 Å². The average Bonchev–Trinajstić information content (AvgIpc) is 2.78. The third kappa shape index (κ3) is 4.53. The molecule has 1 aliphatic rings. The van der Waals surface area contributed by atoms with E-state index in [0.29, 0.717) is 5.56 Å². The summed E-state index contributed by atoms with van der Waals surface area (Å²) in [7, 11) is -10.0. The van der Waals surface area contributed by atoms with Crippen molar-refractivity contribution < 1.29 is 53.5 Å². The van der Waals surface area contributed by atoms with Gasteiger partial charge in [-0.15, -0.1) is 0 Å². The van der Waals surface area contributed by atoms with Crippen molar-refractivity contribution in [3.05, 3.63) is 35.9 Å². The number of carbonyl (C=O) groups excluding carboxylic acids is 1. The molecule has 0 bridgehead atoms. The van der Waals surface area contributed by atoms with Crippen molar-refractivity contribution in [2.45, 2.75) is 30.4 Å². The average molecular weight is 413 g/mol. The fraction of sp³-hybridized carbons (Fsp3) is 0.462. The van der Waals surface area contributed by atoms with Crippen LogP contribution >= 0.6 is 15.5 Å². The maximum absolute atomic E-state index is 11.9. The number of rotatable bonds is 7. The fourth-order valence-corrected chi connectivity index (χ4v) is 3.93. The summed E-state index contributed by atoms with van der Waals surface area (Å²) < 4.78 is 21.8. The van der Waals surface area contributed by atoms with E-state index >= 15 is 0 Å². The van der Waals surface area contributed by atoms with Crippen LogP contribution in [-0.2, 0) is 25.4 Å². The molecule has 0 saturated carbocycles. The highest BCUT2D eigenvalue weighted by atomic mass is 31.2. The van der Waals surface area contributed by atoms with Crippen LogP contribution < -0.4 is 0 Å². The summed E-state index contributed by atoms with van der Waals surface area (Å²) in [6.45, 7) is -0.265. The number of aliphatic hydroxyl groups is 2. The van der Waals surface area contributed by atoms with Gasteiger partial charge in [-0.1, -0.05) is 30.3 Å². The summed E-state index contributed by atoms with van der Waals surface area (Å²) >= 11 is 0. The van der Waals surface area contributed by atoms with E-state index in [0.717, 1.165) is 0 Å². The second kappa shape index (κ2) is 7.67. The van der Waals surface area contributed by atoms with Gasteiger partial charge in [0.05, 0.1) is 6.61 Å². The van der Waals surface area contributed by atoms with Crippen molar-refractivity contribution in [1.82, 2.24) is 0 Å². The van der Waals surface area contributed by atoms with E-state index in [4.69, 9.17) is 24.2 Å². The predicted octanol–water partition coefficient (Wildman–Crippen LogP) is -1.54. The van der Waals surface area contributed by atoms with Gasteiger partial charge in [-0.05, 0) is 5.56 Å². The molecule has 11 nitrogen and oxygen atoms in total. The van der Waals surface area contributed by atoms with Crippen LogP contribution in [0.25, 0.3) is 0 Å². The van der Waals surface area contributed by atoms with Crippen LogP contribution in [0.1, 0.15) is 5.56 Å². The van der Waals surface area contributed by atoms with E-state index < -0.39 is 51.3 Å². The van der Waals surface area contributed by atoms with Crippen LogP contribution in [0.4, 0.5) is 0 Å². The van der Waals surface area contributed by atoms with Gasteiger partial charge in [-0.25, -0.2) is 0 Å². The molecule has 0 unspecified atom stereocenters. The fourth-order valence-electron chi connectivity index (χ4n) is 2.44. The molecule has 4 atom stereocenters. The molecule has 0 spiro atoms. The molecule has 1 heterocycles. The summed E-state index contributed by atoms with van der Waals surface area (Å²) in [5.41, 5.74) is 0.555. The number of aliphatic hydroxyl groups excluding tert-OH is 1. The predicted molar refractivity (Wildman–Crippen MR) is 86.3 cm³/mol. The summed E-state index contributed by atoms with van der Waals surface area (Å²) in [6, 6.07) is 8.28. The summed E-state index contributed by atoms with van der Waals surface area (Å²) in [5.74, 6) is -1.27. The molecule has 2 rings (SSSR count). The molecule has 0 aliphatic carbocycles. The largest absolute Gasteiger partial charge is 0.411 e. The lowest BCUT2D eigenvalue weighted by Crippen LogP contribution is -2.49. The maximum atomic E-state index is 11.9. The Hall–Kier alpha value is -0.810. The molecule has 1 fully saturated rings. The van der Waals surface area contributed by atoms with Gasteiger partial charge in [0.15, 0.2) is 6.10 Å². The standard InChI is InChI=1S/C13H18O11P2/c14-9(7-25(17,18)19)10-11(15)13(16,26(20,21)22)12(24-10)23-6-8-4-2-1-3-5-8/h1-5,10-12,15-19H,6-7H2,(H-,20,21,22)/p+1/t10-,11-,12-,13+/m1/s1. The number of ether oxygens (including phenoxy) is 2. The van der Waals surface area contributed by atoms with Crippen LogP contribution in [0.3, 0.4) is 0 Å². The number of hydrogen-bond donors (Lipinski definition) is 7. The summed E-state index contributed by atoms with van der Waals surface area (Å²) in [5, 5.41) is 17.2. The highest BCUT2D eigenvalue weighted by Crippen LogP contribution is 2.58. The van der Waals surface area contributed by atoms with Crippen molar-refractivity contribution in [1.29, 1.82) is 0 Å². The molecule has 146 valence electrons. The van der Waals surface area contributed by atoms with Gasteiger partial charge >= 0.3 is 15.5 Å². The molecule has 7 N–H and O–H groups in total. The maximum Gasteiger partial charge on any atom is 0.411 e. The molecule has 1 aromatic carbocycles. The van der Waals surface area contributed by atoms with Crippen LogP contribution in [0, 0.1) is 0 Å². The van der Waals surface area contributed by atoms with Gasteiger partial charge in [-0.2, -0.15) is 14.7 Å². The Labute approximate surface area is 148 Å². The molecule has 0 aromatic heterocycles. The monoisotopic (exact) mass is 413 g/mol. The van der Waals surface area contributed by atoms with Gasteiger partial charge in [0, 0.05) is 0 Å². The molecule has 1 aliphatic heterocycles. The second-order valence-corrected chi connectivity index (χ2v) is 9.28. The van der Waals surface area contributed by atoms with Crippen LogP contribution in [0.5, 0.6) is 0 Å². The summed E-state index contributed by atoms with van der Waals surface area (Å²) in [4.78, 5) is 57.7. The van der Waals surface area contributed by atoms with Crippen LogP contribution in [0.2, 0.25) is 0 Å². The van der Waals surface area contributed by atoms with E-state index in [9.17, 15) is 29.4 Å². The van der Waals surface area contributed by atoms with Crippen LogP contribution in [0.15, 0.2) is 30.3 Å². The van der Waals surface area contributed by atoms with Gasteiger partial charge in [0.25, 0.3) is 0 Å². The van der Waals surface area contributed by atoms with Gasteiger partial charge < -0.3 is 29.5 Å². The molecular formula is C13H19O11P2+. The molecular weight excluding hydrogens is 394 g/mol. The Morgan fingerprint density at radius 2 is 1.81 bits per heavy atom. The van der Waals surface area contributed by atoms with E-state index in [-0.39, 0.29) is 6.61 Å². The Morgan fingerprint density at radius 1 is 1.23 bits per heavy atom. The Bertz CT molecular complexity index is 685. The minimum Gasteiger partial charge on any atom is -0.386 e. The molecule has 1 saturated heterocycles. The zero-order valence-electron chi connectivity index (χ0n) is 13.2. The normalized spacial score (nSPS) is 29.7. The number of benzene rings is 1. The highest BCUT2D eigenvalue weighted by molar-refractivity contribution is 7.59. The van der Waals surface area contributed by atoms with Crippen molar-refractivity contribution in [3.8, 4) is 0 Å². The number of hydrogen-bond acceptors (Lipinski definition) is 9. The molecule has 0 amide bonds.